The molecule has 2 aromatic heterocycles. The molecule has 0 fully saturated rings. The summed E-state index contributed by atoms with van der Waals surface area (Å²) >= 11 is 0. The SMILES string of the molecule is Cc1ccccc1-c1nc2c(c(Nc3n[nH]c4ccc(F)cc34)n1)OCCC2. The predicted molar refractivity (Wildman–Crippen MR) is 105 cm³/mol. The van der Waals surface area contributed by atoms with Crippen LogP contribution in [0.2, 0.25) is 0 Å². The van der Waals surface area contributed by atoms with Gasteiger partial charge in [0.1, 0.15) is 5.82 Å². The van der Waals surface area contributed by atoms with E-state index >= 15 is 0 Å². The predicted octanol–water partition coefficient (Wildman–Crippen LogP) is 4.54. The number of benzene rings is 2. The number of nitrogens with zero attached hydrogens (tertiary/aromatic N) is 3. The minimum Gasteiger partial charge on any atom is -0.488 e. The number of hydrogen-bond donors (Lipinski definition) is 2. The Morgan fingerprint density at radius 2 is 2.00 bits per heavy atom. The van der Waals surface area contributed by atoms with Crippen molar-refractivity contribution in [2.75, 3.05) is 11.9 Å². The summed E-state index contributed by atoms with van der Waals surface area (Å²) < 4.78 is 19.6. The van der Waals surface area contributed by atoms with Gasteiger partial charge in [-0.2, -0.15) is 5.10 Å². The molecule has 3 heterocycles. The molecule has 0 amide bonds. The summed E-state index contributed by atoms with van der Waals surface area (Å²) in [4.78, 5) is 9.47. The molecule has 4 aromatic rings. The summed E-state index contributed by atoms with van der Waals surface area (Å²) in [5.41, 5.74) is 3.68. The lowest BCUT2D eigenvalue weighted by atomic mass is 10.1. The van der Waals surface area contributed by atoms with Crippen LogP contribution < -0.4 is 10.1 Å². The molecule has 5 rings (SSSR count). The number of fused-ring (bicyclic) bond motifs is 2. The third-order valence-corrected chi connectivity index (χ3v) is 4.89. The molecule has 1 aliphatic heterocycles. The van der Waals surface area contributed by atoms with Crippen LogP contribution in [0.25, 0.3) is 22.3 Å². The van der Waals surface area contributed by atoms with Crippen molar-refractivity contribution in [3.8, 4) is 17.1 Å². The number of H-pyrrole nitrogens is 1. The van der Waals surface area contributed by atoms with E-state index in [4.69, 9.17) is 14.7 Å². The van der Waals surface area contributed by atoms with E-state index in [2.05, 4.69) is 15.5 Å². The molecule has 0 saturated carbocycles. The van der Waals surface area contributed by atoms with Crippen LogP contribution in [0.15, 0.2) is 42.5 Å². The van der Waals surface area contributed by atoms with E-state index in [0.29, 0.717) is 35.2 Å². The first-order valence-electron chi connectivity index (χ1n) is 9.19. The molecule has 0 radical (unpaired) electrons. The van der Waals surface area contributed by atoms with Gasteiger partial charge in [0.15, 0.2) is 23.2 Å². The maximum Gasteiger partial charge on any atom is 0.183 e. The number of hydrogen-bond acceptors (Lipinski definition) is 5. The fraction of sp³-hybridized carbons (Fsp3) is 0.190. The van der Waals surface area contributed by atoms with Crippen LogP contribution in [0.5, 0.6) is 5.75 Å². The van der Waals surface area contributed by atoms with Crippen molar-refractivity contribution in [3.63, 3.8) is 0 Å². The highest BCUT2D eigenvalue weighted by Gasteiger charge is 2.22. The molecular weight excluding hydrogens is 357 g/mol. The van der Waals surface area contributed by atoms with Crippen molar-refractivity contribution in [1.29, 1.82) is 0 Å². The van der Waals surface area contributed by atoms with Crippen LogP contribution in [-0.2, 0) is 6.42 Å². The fourth-order valence-electron chi connectivity index (χ4n) is 3.45. The Kier molecular flexibility index (Phi) is 3.93. The molecule has 0 aliphatic carbocycles. The normalized spacial score (nSPS) is 13.2. The maximum absolute atomic E-state index is 13.7. The molecule has 140 valence electrons. The zero-order valence-corrected chi connectivity index (χ0v) is 15.3. The van der Waals surface area contributed by atoms with Crippen molar-refractivity contribution >= 4 is 22.5 Å². The Bertz CT molecular complexity index is 1190. The second-order valence-electron chi connectivity index (χ2n) is 6.83. The lowest BCUT2D eigenvalue weighted by molar-refractivity contribution is 0.285. The molecule has 0 saturated heterocycles. The van der Waals surface area contributed by atoms with Gasteiger partial charge in [0.2, 0.25) is 0 Å². The molecule has 0 unspecified atom stereocenters. The standard InChI is InChI=1S/C21H18FN5O/c1-12-5-2-3-6-14(12)19-23-17-7-4-10-28-18(17)21(24-19)25-20-15-11-13(22)8-9-16(15)26-27-20/h2-3,5-6,8-9,11H,4,7,10H2,1H3,(H2,23,24,25,26,27). The summed E-state index contributed by atoms with van der Waals surface area (Å²) in [6.07, 6.45) is 1.73. The van der Waals surface area contributed by atoms with E-state index in [9.17, 15) is 4.39 Å². The van der Waals surface area contributed by atoms with Crippen molar-refractivity contribution in [2.45, 2.75) is 19.8 Å². The van der Waals surface area contributed by atoms with Gasteiger partial charge in [-0.15, -0.1) is 0 Å². The fourth-order valence-corrected chi connectivity index (χ4v) is 3.45. The van der Waals surface area contributed by atoms with Gasteiger partial charge in [0.05, 0.1) is 17.8 Å². The minimum atomic E-state index is -0.321. The first-order valence-corrected chi connectivity index (χ1v) is 9.19. The first kappa shape index (κ1) is 16.7. The van der Waals surface area contributed by atoms with Gasteiger partial charge in [0.25, 0.3) is 0 Å². The summed E-state index contributed by atoms with van der Waals surface area (Å²) in [5, 5.41) is 11.1. The average molecular weight is 375 g/mol. The number of ether oxygens (including phenoxy) is 1. The smallest absolute Gasteiger partial charge is 0.183 e. The van der Waals surface area contributed by atoms with Gasteiger partial charge in [-0.25, -0.2) is 14.4 Å². The summed E-state index contributed by atoms with van der Waals surface area (Å²) in [6, 6.07) is 12.5. The van der Waals surface area contributed by atoms with Crippen molar-refractivity contribution in [2.24, 2.45) is 0 Å². The number of nitrogens with one attached hydrogen (secondary N) is 2. The Hall–Kier alpha value is -3.48. The number of anilines is 2. The number of aromatic amines is 1. The van der Waals surface area contributed by atoms with Gasteiger partial charge in [-0.1, -0.05) is 24.3 Å². The molecule has 28 heavy (non-hydrogen) atoms. The van der Waals surface area contributed by atoms with Gasteiger partial charge in [-0.05, 0) is 43.5 Å². The largest absolute Gasteiger partial charge is 0.488 e. The van der Waals surface area contributed by atoms with Crippen molar-refractivity contribution in [1.82, 2.24) is 20.2 Å². The second kappa shape index (κ2) is 6.60. The maximum atomic E-state index is 13.7. The van der Waals surface area contributed by atoms with Crippen LogP contribution in [0, 0.1) is 12.7 Å². The van der Waals surface area contributed by atoms with Crippen molar-refractivity contribution in [3.05, 3.63) is 59.5 Å². The molecular formula is C21H18FN5O. The lowest BCUT2D eigenvalue weighted by Crippen LogP contribution is -2.14. The van der Waals surface area contributed by atoms with Gasteiger partial charge < -0.3 is 10.1 Å². The van der Waals surface area contributed by atoms with Gasteiger partial charge >= 0.3 is 0 Å². The topological polar surface area (TPSA) is 75.7 Å². The molecule has 6 nitrogen and oxygen atoms in total. The van der Waals surface area contributed by atoms with E-state index in [1.807, 2.05) is 31.2 Å². The Morgan fingerprint density at radius 3 is 2.89 bits per heavy atom. The third-order valence-electron chi connectivity index (χ3n) is 4.89. The highest BCUT2D eigenvalue weighted by atomic mass is 19.1. The molecule has 1 aliphatic rings. The lowest BCUT2D eigenvalue weighted by Gasteiger charge is -2.20. The Balaban J connectivity index is 1.64. The Labute approximate surface area is 160 Å². The van der Waals surface area contributed by atoms with Gasteiger partial charge in [0, 0.05) is 10.9 Å². The summed E-state index contributed by atoms with van der Waals surface area (Å²) in [6.45, 7) is 2.65. The molecule has 0 spiro atoms. The quantitative estimate of drug-likeness (QED) is 0.550. The number of rotatable bonds is 3. The van der Waals surface area contributed by atoms with E-state index in [0.717, 1.165) is 35.2 Å². The van der Waals surface area contributed by atoms with E-state index in [1.165, 1.54) is 12.1 Å². The number of aromatic nitrogens is 4. The number of aryl methyl sites for hydroxylation is 2. The Morgan fingerprint density at radius 1 is 1.11 bits per heavy atom. The zero-order valence-electron chi connectivity index (χ0n) is 15.3. The third kappa shape index (κ3) is 2.85. The monoisotopic (exact) mass is 375 g/mol. The second-order valence-corrected chi connectivity index (χ2v) is 6.83. The first-order chi connectivity index (χ1) is 13.7. The minimum absolute atomic E-state index is 0.321. The van der Waals surface area contributed by atoms with Crippen LogP contribution in [0.3, 0.4) is 0 Å². The molecule has 0 atom stereocenters. The zero-order chi connectivity index (χ0) is 19.1. The van der Waals surface area contributed by atoms with Crippen LogP contribution in [-0.4, -0.2) is 26.8 Å². The van der Waals surface area contributed by atoms with Crippen LogP contribution in [0.4, 0.5) is 16.0 Å². The molecule has 0 bridgehead atoms. The highest BCUT2D eigenvalue weighted by Crippen LogP contribution is 2.36. The van der Waals surface area contributed by atoms with E-state index in [-0.39, 0.29) is 5.82 Å². The highest BCUT2D eigenvalue weighted by molar-refractivity contribution is 5.91. The van der Waals surface area contributed by atoms with Crippen LogP contribution in [0.1, 0.15) is 17.7 Å². The van der Waals surface area contributed by atoms with Crippen LogP contribution >= 0.6 is 0 Å². The van der Waals surface area contributed by atoms with Gasteiger partial charge in [-0.3, -0.25) is 5.10 Å². The summed E-state index contributed by atoms with van der Waals surface area (Å²) in [7, 11) is 0. The van der Waals surface area contributed by atoms with E-state index < -0.39 is 0 Å². The summed E-state index contributed by atoms with van der Waals surface area (Å²) in [5.74, 6) is 1.99. The number of halogens is 1. The molecule has 2 aromatic carbocycles. The molecule has 7 heteroatoms. The average Bonchev–Trinajstić information content (AvgIpc) is 3.10. The van der Waals surface area contributed by atoms with E-state index in [1.54, 1.807) is 6.07 Å². The van der Waals surface area contributed by atoms with Crippen molar-refractivity contribution < 1.29 is 9.13 Å². The molecule has 2 N–H and O–H groups in total.